The number of amides is 2. The maximum atomic E-state index is 12.3. The topological polar surface area (TPSA) is 146 Å². The van der Waals surface area contributed by atoms with Crippen molar-refractivity contribution in [3.05, 3.63) is 27.6 Å². The summed E-state index contributed by atoms with van der Waals surface area (Å²) >= 11 is 4.15. The van der Waals surface area contributed by atoms with E-state index in [0.29, 0.717) is 11.3 Å². The largest absolute Gasteiger partial charge is 0.509 e. The molecule has 2 aliphatic rings. The van der Waals surface area contributed by atoms with Crippen LogP contribution in [0.15, 0.2) is 27.9 Å². The quantitative estimate of drug-likeness (QED) is 0.170. The molecule has 10 nitrogen and oxygen atoms in total. The summed E-state index contributed by atoms with van der Waals surface area (Å²) in [5.41, 5.74) is -0.437. The zero-order chi connectivity index (χ0) is 18.7. The maximum Gasteiger partial charge on any atom is 0.352 e. The van der Waals surface area contributed by atoms with Crippen molar-refractivity contribution in [1.29, 1.82) is 0 Å². The van der Waals surface area contributed by atoms with E-state index in [0.717, 1.165) is 4.90 Å². The number of thioether (sulfide) groups is 1. The third-order valence-electron chi connectivity index (χ3n) is 3.56. The van der Waals surface area contributed by atoms with Gasteiger partial charge in [0.15, 0.2) is 0 Å². The molecule has 1 fully saturated rings. The number of hydrogen-bond donors (Lipinski definition) is 3. The number of allylic oxidation sites excluding steroid dienone is 1. The molecule has 0 aliphatic carbocycles. The van der Waals surface area contributed by atoms with E-state index in [9.17, 15) is 29.5 Å². The number of carbonyl (C=O) groups excluding carboxylic acids is 2. The Kier molecular flexibility index (Phi) is 6.19. The number of nitrogens with zero attached hydrogens (tertiary/aromatic N) is 2. The minimum absolute atomic E-state index is 0.0726. The second kappa shape index (κ2) is 7.97. The number of hydrogen-bond acceptors (Lipinski definition) is 8. The number of ether oxygens (including phenoxy) is 1. The first-order valence-electron chi connectivity index (χ1n) is 6.88. The van der Waals surface area contributed by atoms with Gasteiger partial charge in [-0.25, -0.2) is 4.79 Å². The smallest absolute Gasteiger partial charge is 0.352 e. The molecule has 136 valence electrons. The molecule has 2 rings (SSSR count). The summed E-state index contributed by atoms with van der Waals surface area (Å²) in [5, 5.41) is 22.8. The number of fused-ring (bicyclic) bond motifs is 1. The van der Waals surface area contributed by atoms with Crippen LogP contribution in [0.1, 0.15) is 0 Å². The molecule has 2 aliphatic heterocycles. The molecule has 0 aromatic carbocycles. The van der Waals surface area contributed by atoms with Gasteiger partial charge in [-0.2, -0.15) is 0 Å². The molecular weight excluding hydrogens is 422 g/mol. The number of carboxylic acid groups (broad SMARTS) is 1. The van der Waals surface area contributed by atoms with Gasteiger partial charge in [-0.05, 0) is 10.7 Å². The van der Waals surface area contributed by atoms with Gasteiger partial charge < -0.3 is 20.3 Å². The Morgan fingerprint density at radius 3 is 2.68 bits per heavy atom. The highest BCUT2D eigenvalue weighted by atomic mass is 79.9. The molecule has 0 spiro atoms. The van der Waals surface area contributed by atoms with Crippen LogP contribution in [0.2, 0.25) is 0 Å². The van der Waals surface area contributed by atoms with E-state index < -0.39 is 40.7 Å². The van der Waals surface area contributed by atoms with Crippen LogP contribution in [-0.4, -0.2) is 69.1 Å². The van der Waals surface area contributed by atoms with E-state index in [1.807, 2.05) is 0 Å². The van der Waals surface area contributed by atoms with E-state index in [-0.39, 0.29) is 17.6 Å². The third kappa shape index (κ3) is 3.55. The fourth-order valence-corrected chi connectivity index (χ4v) is 4.06. The first-order chi connectivity index (χ1) is 11.9. The standard InChI is InChI=1S/C13H14BrN3O7S/c1-24-3-5-4-25-12-8(11(20)17(12)9(5)13(21)22)15-10(19)7(16-23)6(18)2-14/h8,12,18H,2-4H2,1H3,(H,15,19)(H,21,22)/t8?,12-/m1/s1. The average Bonchev–Trinajstić information content (AvgIpc) is 2.59. The molecule has 1 saturated heterocycles. The fraction of sp³-hybridized carbons (Fsp3) is 0.462. The summed E-state index contributed by atoms with van der Waals surface area (Å²) in [6, 6.07) is -1.02. The Morgan fingerprint density at radius 2 is 2.16 bits per heavy atom. The van der Waals surface area contributed by atoms with Crippen molar-refractivity contribution in [2.45, 2.75) is 11.4 Å². The number of methoxy groups -OCH3 is 1. The van der Waals surface area contributed by atoms with Crippen molar-refractivity contribution in [3.8, 4) is 0 Å². The van der Waals surface area contributed by atoms with Gasteiger partial charge in [-0.15, -0.1) is 16.7 Å². The van der Waals surface area contributed by atoms with E-state index in [4.69, 9.17) is 4.74 Å². The summed E-state index contributed by atoms with van der Waals surface area (Å²) in [6.45, 7) is 0.0726. The Hall–Kier alpha value is -1.92. The second-order valence-electron chi connectivity index (χ2n) is 5.07. The molecule has 2 heterocycles. The van der Waals surface area contributed by atoms with Crippen molar-refractivity contribution in [2.75, 3.05) is 24.8 Å². The number of carboxylic acids is 1. The van der Waals surface area contributed by atoms with Crippen LogP contribution in [0.25, 0.3) is 0 Å². The first-order valence-corrected chi connectivity index (χ1v) is 9.05. The van der Waals surface area contributed by atoms with E-state index in [2.05, 4.69) is 26.4 Å². The van der Waals surface area contributed by atoms with Crippen molar-refractivity contribution < 1.29 is 29.3 Å². The van der Waals surface area contributed by atoms with Crippen LogP contribution in [0.4, 0.5) is 0 Å². The molecule has 25 heavy (non-hydrogen) atoms. The number of alkyl halides is 1. The highest BCUT2D eigenvalue weighted by molar-refractivity contribution is 9.09. The molecule has 0 radical (unpaired) electrons. The predicted octanol–water partition coefficient (Wildman–Crippen LogP) is 0.302. The Balaban J connectivity index is 2.20. The number of aliphatic hydroxyl groups is 1. The van der Waals surface area contributed by atoms with E-state index in [1.165, 1.54) is 18.9 Å². The van der Waals surface area contributed by atoms with Gasteiger partial charge in [0, 0.05) is 12.9 Å². The molecule has 1 unspecified atom stereocenters. The zero-order valence-corrected chi connectivity index (χ0v) is 15.3. The Bertz CT molecular complexity index is 693. The monoisotopic (exact) mass is 435 g/mol. The average molecular weight is 436 g/mol. The van der Waals surface area contributed by atoms with Crippen LogP contribution in [0.5, 0.6) is 0 Å². The molecule has 0 bridgehead atoms. The van der Waals surface area contributed by atoms with Crippen LogP contribution in [-0.2, 0) is 19.1 Å². The van der Waals surface area contributed by atoms with Gasteiger partial charge >= 0.3 is 5.97 Å². The molecule has 0 aromatic heterocycles. The number of aliphatic hydroxyl groups excluding tert-OH is 1. The lowest BCUT2D eigenvalue weighted by Gasteiger charge is -2.49. The van der Waals surface area contributed by atoms with Gasteiger partial charge in [0.1, 0.15) is 22.9 Å². The van der Waals surface area contributed by atoms with Gasteiger partial charge in [-0.1, -0.05) is 15.9 Å². The van der Waals surface area contributed by atoms with E-state index >= 15 is 0 Å². The minimum atomic E-state index is -1.26. The molecular formula is C13H14BrN3O7S. The second-order valence-corrected chi connectivity index (χ2v) is 6.74. The maximum absolute atomic E-state index is 12.3. The molecule has 3 N–H and O–H groups in total. The summed E-state index contributed by atoms with van der Waals surface area (Å²) in [5.74, 6) is -3.14. The summed E-state index contributed by atoms with van der Waals surface area (Å²) < 4.78 is 4.95. The number of aliphatic carboxylic acids is 1. The number of nitrogens with one attached hydrogen (secondary N) is 1. The van der Waals surface area contributed by atoms with Gasteiger partial charge in [0.2, 0.25) is 5.70 Å². The normalized spacial score (nSPS) is 23.4. The minimum Gasteiger partial charge on any atom is -0.509 e. The van der Waals surface area contributed by atoms with Crippen LogP contribution >= 0.6 is 27.7 Å². The SMILES string of the molecule is COCC1=C(C(=O)O)N2C(=O)C(NC(=O)C(N=O)=C(O)CBr)[C@H]2SC1. The van der Waals surface area contributed by atoms with Crippen LogP contribution < -0.4 is 5.32 Å². The summed E-state index contributed by atoms with van der Waals surface area (Å²) in [6.07, 6.45) is 0. The molecule has 0 aromatic rings. The van der Waals surface area contributed by atoms with Crippen molar-refractivity contribution in [2.24, 2.45) is 5.18 Å². The lowest BCUT2D eigenvalue weighted by atomic mass is 10.0. The van der Waals surface area contributed by atoms with E-state index in [1.54, 1.807) is 0 Å². The van der Waals surface area contributed by atoms with Gasteiger partial charge in [0.05, 0.1) is 11.9 Å². The van der Waals surface area contributed by atoms with Crippen molar-refractivity contribution >= 4 is 45.5 Å². The molecule has 2 amide bonds. The van der Waals surface area contributed by atoms with Crippen LogP contribution in [0, 0.1) is 4.91 Å². The molecule has 0 saturated carbocycles. The Labute approximate surface area is 154 Å². The lowest BCUT2D eigenvalue weighted by molar-refractivity contribution is -0.150. The van der Waals surface area contributed by atoms with Crippen molar-refractivity contribution in [1.82, 2.24) is 10.2 Å². The number of nitroso groups, excluding NO2 is 1. The van der Waals surface area contributed by atoms with Gasteiger partial charge in [0.25, 0.3) is 11.8 Å². The number of rotatable bonds is 7. The highest BCUT2D eigenvalue weighted by Crippen LogP contribution is 2.40. The fourth-order valence-electron chi connectivity index (χ4n) is 2.47. The summed E-state index contributed by atoms with van der Waals surface area (Å²) in [7, 11) is 1.42. The lowest BCUT2D eigenvalue weighted by Crippen LogP contribution is -2.70. The predicted molar refractivity (Wildman–Crippen MR) is 90.8 cm³/mol. The highest BCUT2D eigenvalue weighted by Gasteiger charge is 2.54. The number of carbonyl (C=O) groups is 3. The van der Waals surface area contributed by atoms with Gasteiger partial charge in [-0.3, -0.25) is 14.5 Å². The van der Waals surface area contributed by atoms with Crippen LogP contribution in [0.3, 0.4) is 0 Å². The number of halogens is 1. The molecule has 12 heteroatoms. The number of β-lactam (4-membered cyclic amide) rings is 1. The molecule has 2 atom stereocenters. The third-order valence-corrected chi connectivity index (χ3v) is 5.43. The Morgan fingerprint density at radius 1 is 1.48 bits per heavy atom. The first kappa shape index (κ1) is 19.4. The van der Waals surface area contributed by atoms with Crippen molar-refractivity contribution in [3.63, 3.8) is 0 Å². The zero-order valence-electron chi connectivity index (χ0n) is 12.9. The summed E-state index contributed by atoms with van der Waals surface area (Å²) in [4.78, 5) is 47.6.